The van der Waals surface area contributed by atoms with Crippen LogP contribution in [0.3, 0.4) is 0 Å². The summed E-state index contributed by atoms with van der Waals surface area (Å²) in [4.78, 5) is 25.8. The summed E-state index contributed by atoms with van der Waals surface area (Å²) in [6.07, 6.45) is 6.75. The van der Waals surface area contributed by atoms with E-state index >= 15 is 0 Å². The molecular formula is C22H25N5OS. The van der Waals surface area contributed by atoms with E-state index in [4.69, 9.17) is 0 Å². The maximum absolute atomic E-state index is 12.9. The van der Waals surface area contributed by atoms with E-state index in [1.165, 1.54) is 5.56 Å². The number of nitrogens with one attached hydrogen (secondary N) is 2. The van der Waals surface area contributed by atoms with Gasteiger partial charge < -0.3 is 15.5 Å². The fraction of sp³-hybridized carbons (Fsp3) is 0.318. The predicted octanol–water partition coefficient (Wildman–Crippen LogP) is 2.93. The van der Waals surface area contributed by atoms with Crippen LogP contribution in [0.15, 0.2) is 52.5 Å². The van der Waals surface area contributed by atoms with Gasteiger partial charge in [0.25, 0.3) is 5.91 Å². The fourth-order valence-corrected chi connectivity index (χ4v) is 4.36. The van der Waals surface area contributed by atoms with Crippen molar-refractivity contribution in [2.24, 2.45) is 9.98 Å². The minimum absolute atomic E-state index is 0.120. The van der Waals surface area contributed by atoms with Crippen LogP contribution in [0.5, 0.6) is 0 Å². The number of carbonyl (C=O) groups excluding carboxylic acids is 1. The van der Waals surface area contributed by atoms with Crippen LogP contribution in [0, 0.1) is 0 Å². The fourth-order valence-electron chi connectivity index (χ4n) is 3.29. The molecule has 2 aliphatic heterocycles. The highest BCUT2D eigenvalue weighted by Crippen LogP contribution is 2.26. The molecule has 1 amide bonds. The highest BCUT2D eigenvalue weighted by atomic mass is 32.1. The number of piperazine rings is 1. The van der Waals surface area contributed by atoms with E-state index in [9.17, 15) is 4.79 Å². The Bertz CT molecular complexity index is 926. The van der Waals surface area contributed by atoms with Gasteiger partial charge in [-0.3, -0.25) is 4.79 Å². The van der Waals surface area contributed by atoms with Crippen LogP contribution < -0.4 is 10.6 Å². The lowest BCUT2D eigenvalue weighted by Crippen LogP contribution is -2.46. The summed E-state index contributed by atoms with van der Waals surface area (Å²) in [5, 5.41) is 6.60. The Kier molecular flexibility index (Phi) is 6.49. The monoisotopic (exact) mass is 407 g/mol. The van der Waals surface area contributed by atoms with Gasteiger partial charge in [0.15, 0.2) is 0 Å². The molecule has 1 saturated heterocycles. The number of amides is 1. The van der Waals surface area contributed by atoms with Crippen molar-refractivity contribution >= 4 is 35.5 Å². The topological polar surface area (TPSA) is 69.1 Å². The first kappa shape index (κ1) is 19.5. The van der Waals surface area contributed by atoms with Crippen LogP contribution >= 0.6 is 11.3 Å². The van der Waals surface area contributed by atoms with Crippen molar-refractivity contribution in [3.63, 3.8) is 0 Å². The lowest BCUT2D eigenvalue weighted by Gasteiger charge is -2.26. The summed E-state index contributed by atoms with van der Waals surface area (Å²) in [6.45, 7) is 4.41. The van der Waals surface area contributed by atoms with E-state index in [-0.39, 0.29) is 5.91 Å². The second kappa shape index (κ2) is 9.62. The average molecular weight is 408 g/mol. The number of nitrogens with zero attached hydrogens (tertiary/aromatic N) is 3. The summed E-state index contributed by atoms with van der Waals surface area (Å²) in [5.74, 6) is 0.742. The maximum Gasteiger partial charge on any atom is 0.264 e. The molecule has 29 heavy (non-hydrogen) atoms. The van der Waals surface area contributed by atoms with E-state index in [0.717, 1.165) is 47.9 Å². The summed E-state index contributed by atoms with van der Waals surface area (Å²) in [7, 11) is 0. The van der Waals surface area contributed by atoms with Gasteiger partial charge in [0.05, 0.1) is 11.4 Å². The first-order chi connectivity index (χ1) is 14.3. The van der Waals surface area contributed by atoms with Crippen LogP contribution in [-0.4, -0.2) is 49.2 Å². The Balaban J connectivity index is 1.49. The molecule has 150 valence electrons. The lowest BCUT2D eigenvalue weighted by molar-refractivity contribution is 0.0740. The van der Waals surface area contributed by atoms with Crippen LogP contribution in [-0.2, 0) is 13.1 Å². The molecule has 2 N–H and O–H groups in total. The Morgan fingerprint density at radius 1 is 1.21 bits per heavy atom. The number of hydrogen-bond acceptors (Lipinski definition) is 6. The van der Waals surface area contributed by atoms with E-state index in [0.29, 0.717) is 19.0 Å². The van der Waals surface area contributed by atoms with Crippen molar-refractivity contribution in [1.29, 1.82) is 0 Å². The van der Waals surface area contributed by atoms with Gasteiger partial charge in [-0.25, -0.2) is 9.98 Å². The van der Waals surface area contributed by atoms with E-state index in [2.05, 4.69) is 44.9 Å². The quantitative estimate of drug-likeness (QED) is 0.822. The summed E-state index contributed by atoms with van der Waals surface area (Å²) >= 11 is 1.55. The van der Waals surface area contributed by atoms with E-state index in [1.807, 2.05) is 35.4 Å². The Morgan fingerprint density at radius 2 is 2.03 bits per heavy atom. The minimum atomic E-state index is 0.120. The van der Waals surface area contributed by atoms with Crippen molar-refractivity contribution in [3.8, 4) is 0 Å². The number of aliphatic imine (C=N–C) groups is 2. The molecule has 1 aromatic heterocycles. The number of guanidine groups is 1. The molecule has 3 heterocycles. The maximum atomic E-state index is 12.9. The molecule has 1 aromatic carbocycles. The highest BCUT2D eigenvalue weighted by Gasteiger charge is 2.21. The predicted molar refractivity (Wildman–Crippen MR) is 120 cm³/mol. The Labute approximate surface area is 175 Å². The Hall–Kier alpha value is -2.77. The number of hydrogen-bond donors (Lipinski definition) is 2. The molecule has 0 aliphatic carbocycles. The molecule has 0 saturated carbocycles. The molecule has 1 fully saturated rings. The third-order valence-corrected chi connectivity index (χ3v) is 6.00. The summed E-state index contributed by atoms with van der Waals surface area (Å²) < 4.78 is 0. The summed E-state index contributed by atoms with van der Waals surface area (Å²) in [6, 6.07) is 12.2. The molecule has 0 bridgehead atoms. The molecule has 2 aromatic rings. The molecule has 6 nitrogen and oxygen atoms in total. The van der Waals surface area contributed by atoms with E-state index < -0.39 is 0 Å². The van der Waals surface area contributed by atoms with Crippen molar-refractivity contribution in [2.75, 3.05) is 26.2 Å². The molecule has 0 unspecified atom stereocenters. The van der Waals surface area contributed by atoms with Crippen molar-refractivity contribution in [1.82, 2.24) is 15.5 Å². The molecule has 2 aliphatic rings. The van der Waals surface area contributed by atoms with Crippen LogP contribution in [0.2, 0.25) is 0 Å². The normalized spacial score (nSPS) is 20.8. The van der Waals surface area contributed by atoms with Gasteiger partial charge in [-0.05, 0) is 23.3 Å². The molecule has 0 atom stereocenters. The smallest absolute Gasteiger partial charge is 0.264 e. The average Bonchev–Trinajstić information content (AvgIpc) is 3.19. The molecule has 4 rings (SSSR count). The largest absolute Gasteiger partial charge is 0.350 e. The van der Waals surface area contributed by atoms with Crippen LogP contribution in [0.1, 0.15) is 32.1 Å². The number of benzene rings is 1. The van der Waals surface area contributed by atoms with Gasteiger partial charge in [-0.15, -0.1) is 11.3 Å². The van der Waals surface area contributed by atoms with Crippen molar-refractivity contribution < 1.29 is 4.79 Å². The minimum Gasteiger partial charge on any atom is -0.350 e. The zero-order chi connectivity index (χ0) is 19.9. The van der Waals surface area contributed by atoms with Crippen molar-refractivity contribution in [2.45, 2.75) is 19.5 Å². The number of fused-ring (bicyclic) bond motifs is 1. The standard InChI is InChI=1S/C22H25N5OS/c28-21(27-12-10-23-11-13-27)20-14-18-16-26-22(24-9-5-4-8-19(18)29-20)25-15-17-6-2-1-3-7-17/h1-4,6-9,14,23H,5,10-13,15-16H2,(H,25,26)/b8-4-,24-9-. The number of carbonyl (C=O) groups is 1. The van der Waals surface area contributed by atoms with Gasteiger partial charge in [-0.2, -0.15) is 0 Å². The number of allylic oxidation sites excluding steroid dienone is 1. The summed E-state index contributed by atoms with van der Waals surface area (Å²) in [5.41, 5.74) is 2.25. The lowest BCUT2D eigenvalue weighted by atomic mass is 10.2. The number of thiophene rings is 1. The zero-order valence-electron chi connectivity index (χ0n) is 16.3. The zero-order valence-corrected chi connectivity index (χ0v) is 17.1. The third-order valence-electron chi connectivity index (χ3n) is 4.87. The second-order valence-electron chi connectivity index (χ2n) is 6.97. The molecule has 0 spiro atoms. The van der Waals surface area contributed by atoms with Crippen molar-refractivity contribution in [3.05, 3.63) is 63.4 Å². The van der Waals surface area contributed by atoms with Crippen LogP contribution in [0.25, 0.3) is 6.08 Å². The number of rotatable bonds is 3. The molecule has 7 heteroatoms. The first-order valence-electron chi connectivity index (χ1n) is 9.93. The van der Waals surface area contributed by atoms with Crippen LogP contribution in [0.4, 0.5) is 0 Å². The van der Waals surface area contributed by atoms with Gasteiger partial charge >= 0.3 is 0 Å². The Morgan fingerprint density at radius 3 is 2.86 bits per heavy atom. The highest BCUT2D eigenvalue weighted by molar-refractivity contribution is 7.15. The molecule has 0 radical (unpaired) electrons. The SMILES string of the molecule is O=C(c1cc2c(s1)/C=C\C/C=N\C(NCc1ccccc1)=N/C2)N1CCNCC1. The van der Waals surface area contributed by atoms with E-state index in [1.54, 1.807) is 11.3 Å². The van der Waals surface area contributed by atoms with Gasteiger partial charge in [-0.1, -0.05) is 36.4 Å². The third kappa shape index (κ3) is 5.19. The first-order valence-corrected chi connectivity index (χ1v) is 10.8. The van der Waals surface area contributed by atoms with Gasteiger partial charge in [0.2, 0.25) is 5.96 Å². The second-order valence-corrected chi connectivity index (χ2v) is 8.05. The molecular weight excluding hydrogens is 382 g/mol. The van der Waals surface area contributed by atoms with Gasteiger partial charge in [0.1, 0.15) is 0 Å². The van der Waals surface area contributed by atoms with Gasteiger partial charge in [0, 0.05) is 50.2 Å².